The summed E-state index contributed by atoms with van der Waals surface area (Å²) in [6.45, 7) is 2.50. The van der Waals surface area contributed by atoms with E-state index in [9.17, 15) is 10.1 Å². The first kappa shape index (κ1) is 14.4. The smallest absolute Gasteiger partial charge is 0.292 e. The molecule has 100 valence electrons. The van der Waals surface area contributed by atoms with Gasteiger partial charge in [-0.25, -0.2) is 0 Å². The topological polar surface area (TPSA) is 78.6 Å². The number of benzene rings is 1. The number of para-hydroxylation sites is 1. The van der Waals surface area contributed by atoms with Crippen LogP contribution in [0.4, 0.5) is 11.4 Å². The molecule has 0 spiro atoms. The van der Waals surface area contributed by atoms with Crippen LogP contribution in [0.2, 0.25) is 0 Å². The molecule has 0 aliphatic heterocycles. The lowest BCUT2D eigenvalue weighted by Gasteiger charge is -2.23. The van der Waals surface area contributed by atoms with Crippen molar-refractivity contribution in [2.75, 3.05) is 26.0 Å². The standard InChI is InChI=1S/C12H19N3O3/c1-9(8-16)14(3)7-10-5-4-6-11(15(17)18)12(10)13-2/h4-6,9,13,16H,7-8H2,1-3H3. The molecular formula is C12H19N3O3. The second kappa shape index (κ2) is 6.32. The summed E-state index contributed by atoms with van der Waals surface area (Å²) in [5.74, 6) is 0. The average molecular weight is 253 g/mol. The Bertz CT molecular complexity index is 423. The molecule has 1 unspecified atom stereocenters. The van der Waals surface area contributed by atoms with E-state index in [1.165, 1.54) is 6.07 Å². The SMILES string of the molecule is CNc1c(CN(C)C(C)CO)cccc1[N+](=O)[O-]. The minimum absolute atomic E-state index is 0.00830. The number of hydrogen-bond donors (Lipinski definition) is 2. The minimum Gasteiger partial charge on any atom is -0.395 e. The van der Waals surface area contributed by atoms with Gasteiger partial charge in [0.15, 0.2) is 0 Å². The molecule has 6 heteroatoms. The molecule has 6 nitrogen and oxygen atoms in total. The zero-order valence-corrected chi connectivity index (χ0v) is 10.9. The van der Waals surface area contributed by atoms with Gasteiger partial charge in [0.05, 0.1) is 11.5 Å². The van der Waals surface area contributed by atoms with Gasteiger partial charge in [-0.1, -0.05) is 12.1 Å². The maximum Gasteiger partial charge on any atom is 0.292 e. The van der Waals surface area contributed by atoms with Gasteiger partial charge in [0, 0.05) is 25.7 Å². The highest BCUT2D eigenvalue weighted by Crippen LogP contribution is 2.28. The third kappa shape index (κ3) is 3.18. The molecule has 1 rings (SSSR count). The molecule has 0 saturated heterocycles. The van der Waals surface area contributed by atoms with E-state index >= 15 is 0 Å². The quantitative estimate of drug-likeness (QED) is 0.592. The van der Waals surface area contributed by atoms with E-state index < -0.39 is 4.92 Å². The van der Waals surface area contributed by atoms with Crippen molar-refractivity contribution in [3.05, 3.63) is 33.9 Å². The lowest BCUT2D eigenvalue weighted by atomic mass is 10.1. The summed E-state index contributed by atoms with van der Waals surface area (Å²) < 4.78 is 0. The van der Waals surface area contributed by atoms with E-state index in [2.05, 4.69) is 5.32 Å². The molecule has 1 aromatic rings. The molecule has 0 bridgehead atoms. The predicted molar refractivity (Wildman–Crippen MR) is 70.7 cm³/mol. The maximum atomic E-state index is 10.9. The number of nitro benzene ring substituents is 1. The summed E-state index contributed by atoms with van der Waals surface area (Å²) in [5.41, 5.74) is 1.44. The van der Waals surface area contributed by atoms with E-state index in [0.29, 0.717) is 12.2 Å². The van der Waals surface area contributed by atoms with Crippen LogP contribution in [0.15, 0.2) is 18.2 Å². The highest BCUT2D eigenvalue weighted by molar-refractivity contribution is 5.66. The molecule has 1 atom stereocenters. The van der Waals surface area contributed by atoms with Gasteiger partial charge in [-0.05, 0) is 19.5 Å². The van der Waals surface area contributed by atoms with Crippen molar-refractivity contribution >= 4 is 11.4 Å². The second-order valence-electron chi connectivity index (χ2n) is 4.27. The van der Waals surface area contributed by atoms with E-state index in [0.717, 1.165) is 5.56 Å². The molecule has 0 fully saturated rings. The largest absolute Gasteiger partial charge is 0.395 e. The fourth-order valence-corrected chi connectivity index (χ4v) is 1.72. The first-order valence-electron chi connectivity index (χ1n) is 5.76. The van der Waals surface area contributed by atoms with Gasteiger partial charge < -0.3 is 10.4 Å². The zero-order chi connectivity index (χ0) is 13.7. The normalized spacial score (nSPS) is 12.5. The first-order valence-corrected chi connectivity index (χ1v) is 5.76. The van der Waals surface area contributed by atoms with Crippen LogP contribution in [-0.4, -0.2) is 41.7 Å². The molecule has 0 aliphatic carbocycles. The summed E-state index contributed by atoms with van der Waals surface area (Å²) in [5, 5.41) is 22.9. The molecule has 0 heterocycles. The van der Waals surface area contributed by atoms with E-state index in [1.54, 1.807) is 13.1 Å². The van der Waals surface area contributed by atoms with Crippen LogP contribution < -0.4 is 5.32 Å². The predicted octanol–water partition coefficient (Wildman–Crippen LogP) is 1.45. The Morgan fingerprint density at radius 3 is 2.72 bits per heavy atom. The number of rotatable bonds is 6. The molecule has 1 aromatic carbocycles. The lowest BCUT2D eigenvalue weighted by Crippen LogP contribution is -2.31. The van der Waals surface area contributed by atoms with Gasteiger partial charge in [-0.2, -0.15) is 0 Å². The van der Waals surface area contributed by atoms with Crippen LogP contribution in [0.5, 0.6) is 0 Å². The highest BCUT2D eigenvalue weighted by atomic mass is 16.6. The maximum absolute atomic E-state index is 10.9. The molecule has 0 aliphatic rings. The number of hydrogen-bond acceptors (Lipinski definition) is 5. The fourth-order valence-electron chi connectivity index (χ4n) is 1.72. The van der Waals surface area contributed by atoms with Crippen molar-refractivity contribution in [1.29, 1.82) is 0 Å². The van der Waals surface area contributed by atoms with Gasteiger partial charge in [-0.15, -0.1) is 0 Å². The Balaban J connectivity index is 3.02. The Labute approximate surface area is 106 Å². The van der Waals surface area contributed by atoms with E-state index in [1.807, 2.05) is 24.9 Å². The second-order valence-corrected chi connectivity index (χ2v) is 4.27. The minimum atomic E-state index is -0.398. The monoisotopic (exact) mass is 253 g/mol. The number of aliphatic hydroxyl groups is 1. The van der Waals surface area contributed by atoms with Crippen molar-refractivity contribution in [2.24, 2.45) is 0 Å². The summed E-state index contributed by atoms with van der Waals surface area (Å²) in [6.07, 6.45) is 0. The third-order valence-electron chi connectivity index (χ3n) is 3.01. The Morgan fingerprint density at radius 1 is 1.56 bits per heavy atom. The van der Waals surface area contributed by atoms with Crippen LogP contribution in [-0.2, 0) is 6.54 Å². The lowest BCUT2D eigenvalue weighted by molar-refractivity contribution is -0.384. The van der Waals surface area contributed by atoms with Crippen LogP contribution in [0, 0.1) is 10.1 Å². The van der Waals surface area contributed by atoms with Crippen molar-refractivity contribution in [3.63, 3.8) is 0 Å². The van der Waals surface area contributed by atoms with Crippen molar-refractivity contribution in [1.82, 2.24) is 4.90 Å². The molecule has 0 radical (unpaired) electrons. The number of aliphatic hydroxyl groups excluding tert-OH is 1. The van der Waals surface area contributed by atoms with Gasteiger partial charge in [-0.3, -0.25) is 15.0 Å². The van der Waals surface area contributed by atoms with Gasteiger partial charge in [0.25, 0.3) is 5.69 Å². The van der Waals surface area contributed by atoms with Crippen LogP contribution in [0.3, 0.4) is 0 Å². The summed E-state index contributed by atoms with van der Waals surface area (Å²) in [6, 6.07) is 5.00. The zero-order valence-electron chi connectivity index (χ0n) is 10.9. The number of likely N-dealkylation sites (N-methyl/N-ethyl adjacent to an activating group) is 1. The number of nitrogens with zero attached hydrogens (tertiary/aromatic N) is 2. The Hall–Kier alpha value is -1.66. The molecule has 18 heavy (non-hydrogen) atoms. The molecule has 0 amide bonds. The molecule has 0 saturated carbocycles. The van der Waals surface area contributed by atoms with Crippen molar-refractivity contribution in [3.8, 4) is 0 Å². The van der Waals surface area contributed by atoms with Gasteiger partial charge in [0.2, 0.25) is 0 Å². The number of nitrogens with one attached hydrogen (secondary N) is 1. The summed E-state index contributed by atoms with van der Waals surface area (Å²) in [4.78, 5) is 12.5. The molecular weight excluding hydrogens is 234 g/mol. The number of anilines is 1. The van der Waals surface area contributed by atoms with Crippen LogP contribution >= 0.6 is 0 Å². The van der Waals surface area contributed by atoms with Crippen molar-refractivity contribution in [2.45, 2.75) is 19.5 Å². The molecule has 2 N–H and O–H groups in total. The van der Waals surface area contributed by atoms with Crippen molar-refractivity contribution < 1.29 is 10.0 Å². The van der Waals surface area contributed by atoms with Crippen LogP contribution in [0.25, 0.3) is 0 Å². The van der Waals surface area contributed by atoms with Crippen LogP contribution in [0.1, 0.15) is 12.5 Å². The van der Waals surface area contributed by atoms with E-state index in [-0.39, 0.29) is 18.3 Å². The van der Waals surface area contributed by atoms with Gasteiger partial charge >= 0.3 is 0 Å². The molecule has 0 aromatic heterocycles. The third-order valence-corrected chi connectivity index (χ3v) is 3.01. The van der Waals surface area contributed by atoms with Gasteiger partial charge in [0.1, 0.15) is 5.69 Å². The average Bonchev–Trinajstić information content (AvgIpc) is 2.37. The highest BCUT2D eigenvalue weighted by Gasteiger charge is 2.18. The Kier molecular flexibility index (Phi) is 5.06. The Morgan fingerprint density at radius 2 is 2.22 bits per heavy atom. The fraction of sp³-hybridized carbons (Fsp3) is 0.500. The summed E-state index contributed by atoms with van der Waals surface area (Å²) >= 11 is 0. The number of nitro groups is 1. The van der Waals surface area contributed by atoms with E-state index in [4.69, 9.17) is 5.11 Å². The summed E-state index contributed by atoms with van der Waals surface area (Å²) in [7, 11) is 3.54. The first-order chi connectivity index (χ1) is 8.51.